The summed E-state index contributed by atoms with van der Waals surface area (Å²) in [6.07, 6.45) is 1.04. The van der Waals surface area contributed by atoms with Gasteiger partial charge in [0.2, 0.25) is 0 Å². The summed E-state index contributed by atoms with van der Waals surface area (Å²) >= 11 is 2.26. The van der Waals surface area contributed by atoms with Crippen molar-refractivity contribution in [2.24, 2.45) is 0 Å². The van der Waals surface area contributed by atoms with E-state index in [1.54, 1.807) is 0 Å². The quantitative estimate of drug-likeness (QED) is 0.791. The fourth-order valence-corrected chi connectivity index (χ4v) is 2.62. The normalized spacial score (nSPS) is 16.7. The van der Waals surface area contributed by atoms with E-state index in [-0.39, 0.29) is 5.91 Å². The molecule has 3 nitrogen and oxygen atoms in total. The zero-order chi connectivity index (χ0) is 12.3. The van der Waals surface area contributed by atoms with E-state index < -0.39 is 0 Å². The zero-order valence-corrected chi connectivity index (χ0v) is 12.2. The lowest BCUT2D eigenvalue weighted by Crippen LogP contribution is -2.34. The summed E-state index contributed by atoms with van der Waals surface area (Å²) in [5.41, 5.74) is 2.01. The van der Waals surface area contributed by atoms with E-state index in [9.17, 15) is 4.79 Å². The summed E-state index contributed by atoms with van der Waals surface area (Å²) in [6.45, 7) is 5.62. The van der Waals surface area contributed by atoms with Crippen molar-refractivity contribution in [2.45, 2.75) is 13.3 Å². The average molecular weight is 344 g/mol. The molecule has 0 radical (unpaired) electrons. The number of nitrogens with one attached hydrogen (secondary N) is 1. The summed E-state index contributed by atoms with van der Waals surface area (Å²) in [6, 6.07) is 5.93. The molecule has 1 amide bonds. The highest BCUT2D eigenvalue weighted by Crippen LogP contribution is 2.18. The highest BCUT2D eigenvalue weighted by Gasteiger charge is 2.19. The van der Waals surface area contributed by atoms with Crippen LogP contribution in [0.5, 0.6) is 0 Å². The molecule has 1 aromatic rings. The first-order valence-corrected chi connectivity index (χ1v) is 7.03. The van der Waals surface area contributed by atoms with E-state index >= 15 is 0 Å². The third-order valence-corrected chi connectivity index (χ3v) is 4.48. The summed E-state index contributed by atoms with van der Waals surface area (Å²) in [5.74, 6) is 0.168. The first-order chi connectivity index (χ1) is 8.20. The number of halogens is 1. The summed E-state index contributed by atoms with van der Waals surface area (Å²) in [4.78, 5) is 14.4. The Morgan fingerprint density at radius 3 is 3.00 bits per heavy atom. The van der Waals surface area contributed by atoms with Crippen molar-refractivity contribution in [1.29, 1.82) is 0 Å². The molecule has 1 heterocycles. The average Bonchev–Trinajstić information content (AvgIpc) is 2.60. The maximum Gasteiger partial charge on any atom is 0.254 e. The fraction of sp³-hybridized carbons (Fsp3) is 0.462. The third kappa shape index (κ3) is 2.98. The van der Waals surface area contributed by atoms with Crippen LogP contribution < -0.4 is 5.32 Å². The largest absolute Gasteiger partial charge is 0.337 e. The maximum atomic E-state index is 12.4. The van der Waals surface area contributed by atoms with Gasteiger partial charge in [0.15, 0.2) is 0 Å². The summed E-state index contributed by atoms with van der Waals surface area (Å²) in [7, 11) is 0. The van der Waals surface area contributed by atoms with Gasteiger partial charge in [-0.15, -0.1) is 0 Å². The molecule has 0 saturated carbocycles. The molecule has 1 fully saturated rings. The molecule has 1 saturated heterocycles. The predicted octanol–water partition coefficient (Wildman–Crippen LogP) is 2.04. The van der Waals surface area contributed by atoms with E-state index in [1.165, 1.54) is 5.56 Å². The van der Waals surface area contributed by atoms with Gasteiger partial charge in [0.05, 0.1) is 5.56 Å². The van der Waals surface area contributed by atoms with Crippen LogP contribution in [0.2, 0.25) is 0 Å². The Balaban J connectivity index is 2.20. The molecule has 4 heteroatoms. The Morgan fingerprint density at radius 2 is 2.18 bits per heavy atom. The Labute approximate surface area is 116 Å². The second-order valence-electron chi connectivity index (χ2n) is 4.33. The van der Waals surface area contributed by atoms with Gasteiger partial charge in [0.1, 0.15) is 0 Å². The van der Waals surface area contributed by atoms with Crippen molar-refractivity contribution in [1.82, 2.24) is 10.2 Å². The van der Waals surface area contributed by atoms with Crippen LogP contribution in [-0.2, 0) is 0 Å². The number of aryl methyl sites for hydroxylation is 1. The van der Waals surface area contributed by atoms with Crippen molar-refractivity contribution in [3.63, 3.8) is 0 Å². The predicted molar refractivity (Wildman–Crippen MR) is 77.3 cm³/mol. The van der Waals surface area contributed by atoms with Crippen molar-refractivity contribution in [3.8, 4) is 0 Å². The Morgan fingerprint density at radius 1 is 1.35 bits per heavy atom. The van der Waals surface area contributed by atoms with Gasteiger partial charge >= 0.3 is 0 Å². The number of rotatable bonds is 1. The van der Waals surface area contributed by atoms with Crippen LogP contribution in [0.4, 0.5) is 0 Å². The van der Waals surface area contributed by atoms with E-state index in [2.05, 4.69) is 27.9 Å². The zero-order valence-electron chi connectivity index (χ0n) is 10.0. The van der Waals surface area contributed by atoms with Gasteiger partial charge in [0, 0.05) is 23.2 Å². The molecule has 0 spiro atoms. The van der Waals surface area contributed by atoms with E-state index in [1.807, 2.05) is 30.0 Å². The maximum absolute atomic E-state index is 12.4. The van der Waals surface area contributed by atoms with Gasteiger partial charge in [-0.1, -0.05) is 12.1 Å². The van der Waals surface area contributed by atoms with Crippen LogP contribution in [0.25, 0.3) is 0 Å². The van der Waals surface area contributed by atoms with Gasteiger partial charge in [-0.2, -0.15) is 0 Å². The molecule has 0 aliphatic carbocycles. The topological polar surface area (TPSA) is 32.3 Å². The van der Waals surface area contributed by atoms with Crippen molar-refractivity contribution < 1.29 is 4.79 Å². The highest BCUT2D eigenvalue weighted by molar-refractivity contribution is 14.1. The minimum Gasteiger partial charge on any atom is -0.337 e. The number of carbonyl (C=O) groups is 1. The highest BCUT2D eigenvalue weighted by atomic mass is 127. The molecule has 1 aliphatic rings. The smallest absolute Gasteiger partial charge is 0.254 e. The lowest BCUT2D eigenvalue weighted by molar-refractivity contribution is 0.0765. The Hall–Kier alpha value is -0.620. The molecule has 0 unspecified atom stereocenters. The van der Waals surface area contributed by atoms with Crippen LogP contribution in [0.1, 0.15) is 22.3 Å². The number of carbonyl (C=O) groups excluding carboxylic acids is 1. The number of amides is 1. The monoisotopic (exact) mass is 344 g/mol. The molecular formula is C13H17IN2O. The molecule has 0 aromatic heterocycles. The van der Waals surface area contributed by atoms with Gasteiger partial charge in [-0.3, -0.25) is 4.79 Å². The van der Waals surface area contributed by atoms with E-state index in [0.717, 1.165) is 41.7 Å². The molecule has 92 valence electrons. The number of benzene rings is 1. The van der Waals surface area contributed by atoms with Gasteiger partial charge in [-0.05, 0) is 54.1 Å². The molecular weight excluding hydrogens is 327 g/mol. The van der Waals surface area contributed by atoms with E-state index in [0.29, 0.717) is 0 Å². The first-order valence-electron chi connectivity index (χ1n) is 5.95. The Kier molecular flexibility index (Phi) is 4.39. The van der Waals surface area contributed by atoms with Crippen LogP contribution in [0.3, 0.4) is 0 Å². The minimum absolute atomic E-state index is 0.168. The molecule has 1 aliphatic heterocycles. The minimum atomic E-state index is 0.168. The van der Waals surface area contributed by atoms with Crippen molar-refractivity contribution in [2.75, 3.05) is 26.2 Å². The van der Waals surface area contributed by atoms with Crippen LogP contribution in [-0.4, -0.2) is 37.0 Å². The third-order valence-electron chi connectivity index (χ3n) is 3.05. The second kappa shape index (κ2) is 5.82. The first kappa shape index (κ1) is 12.8. The van der Waals surface area contributed by atoms with Crippen molar-refractivity contribution >= 4 is 28.5 Å². The fourth-order valence-electron chi connectivity index (χ4n) is 2.03. The van der Waals surface area contributed by atoms with Gasteiger partial charge < -0.3 is 10.2 Å². The summed E-state index contributed by atoms with van der Waals surface area (Å²) in [5, 5.41) is 3.31. The molecule has 2 rings (SSSR count). The number of hydrogen-bond acceptors (Lipinski definition) is 2. The van der Waals surface area contributed by atoms with Crippen LogP contribution in [0.15, 0.2) is 18.2 Å². The lowest BCUT2D eigenvalue weighted by Gasteiger charge is -2.21. The molecule has 0 atom stereocenters. The second-order valence-corrected chi connectivity index (χ2v) is 5.41. The molecule has 17 heavy (non-hydrogen) atoms. The Bertz CT molecular complexity index is 412. The van der Waals surface area contributed by atoms with Crippen LogP contribution in [0, 0.1) is 10.5 Å². The van der Waals surface area contributed by atoms with Crippen molar-refractivity contribution in [3.05, 3.63) is 32.9 Å². The standard InChI is InChI=1S/C13H17IN2O/c1-10-4-2-5-11(12(10)14)13(17)16-8-3-6-15-7-9-16/h2,4-5,15H,3,6-9H2,1H3. The lowest BCUT2D eigenvalue weighted by atomic mass is 10.1. The molecule has 0 bridgehead atoms. The number of hydrogen-bond donors (Lipinski definition) is 1. The van der Waals surface area contributed by atoms with Crippen LogP contribution >= 0.6 is 22.6 Å². The summed E-state index contributed by atoms with van der Waals surface area (Å²) < 4.78 is 1.08. The molecule has 1 aromatic carbocycles. The molecule has 1 N–H and O–H groups in total. The van der Waals surface area contributed by atoms with Gasteiger partial charge in [-0.25, -0.2) is 0 Å². The van der Waals surface area contributed by atoms with Gasteiger partial charge in [0.25, 0.3) is 5.91 Å². The SMILES string of the molecule is Cc1cccc(C(=O)N2CCCNCC2)c1I. The van der Waals surface area contributed by atoms with E-state index in [4.69, 9.17) is 0 Å². The number of nitrogens with zero attached hydrogens (tertiary/aromatic N) is 1.